The van der Waals surface area contributed by atoms with Gasteiger partial charge in [0, 0.05) is 24.3 Å². The molecule has 1 aliphatic heterocycles. The molecule has 1 heterocycles. The van der Waals surface area contributed by atoms with E-state index in [4.69, 9.17) is 9.47 Å². The molecule has 0 aromatic heterocycles. The van der Waals surface area contributed by atoms with Crippen LogP contribution in [0, 0.1) is 5.92 Å². The van der Waals surface area contributed by atoms with E-state index in [9.17, 15) is 13.2 Å². The molecule has 2 aromatic rings. The van der Waals surface area contributed by atoms with Crippen molar-refractivity contribution in [1.29, 1.82) is 0 Å². The summed E-state index contributed by atoms with van der Waals surface area (Å²) in [6, 6.07) is 12.3. The van der Waals surface area contributed by atoms with Gasteiger partial charge in [0.1, 0.15) is 0 Å². The Balaban J connectivity index is 1.80. The summed E-state index contributed by atoms with van der Waals surface area (Å²) in [5.41, 5.74) is 3.25. The van der Waals surface area contributed by atoms with Crippen LogP contribution in [-0.4, -0.2) is 52.8 Å². The minimum atomic E-state index is -3.27. The van der Waals surface area contributed by atoms with E-state index in [0.29, 0.717) is 30.0 Å². The monoisotopic (exact) mass is 413 g/mol. The van der Waals surface area contributed by atoms with Crippen LogP contribution in [0.4, 0.5) is 0 Å². The first-order chi connectivity index (χ1) is 13.7. The Morgan fingerprint density at radius 1 is 1.00 bits per heavy atom. The molecule has 0 amide bonds. The summed E-state index contributed by atoms with van der Waals surface area (Å²) in [6.45, 7) is 0.826. The number of rotatable bonds is 5. The maximum Gasteiger partial charge on any atom is 0.231 e. The molecule has 2 aromatic carbocycles. The Hall–Kier alpha value is -2.64. The minimum Gasteiger partial charge on any atom is -0.454 e. The lowest BCUT2D eigenvalue weighted by Gasteiger charge is -2.15. The average Bonchev–Trinajstić information content (AvgIpc) is 3.25. The van der Waals surface area contributed by atoms with Crippen LogP contribution >= 0.6 is 0 Å². The maximum atomic E-state index is 13.3. The van der Waals surface area contributed by atoms with Crippen molar-refractivity contribution in [1.82, 2.24) is 4.90 Å². The molecule has 0 bridgehead atoms. The molecular weight excluding hydrogens is 390 g/mol. The lowest BCUT2D eigenvalue weighted by molar-refractivity contribution is -0.117. The van der Waals surface area contributed by atoms with Crippen molar-refractivity contribution >= 4 is 26.8 Å². The van der Waals surface area contributed by atoms with E-state index >= 15 is 0 Å². The number of ketones is 1. The molecule has 0 radical (unpaired) electrons. The van der Waals surface area contributed by atoms with Gasteiger partial charge in [-0.3, -0.25) is 4.79 Å². The molecule has 0 fully saturated rings. The molecule has 1 atom stereocenters. The average molecular weight is 413 g/mol. The summed E-state index contributed by atoms with van der Waals surface area (Å²) in [7, 11) is 0.628. The zero-order valence-corrected chi connectivity index (χ0v) is 17.5. The molecule has 0 spiro atoms. The topological polar surface area (TPSA) is 72.9 Å². The van der Waals surface area contributed by atoms with Gasteiger partial charge in [0.15, 0.2) is 27.1 Å². The third kappa shape index (κ3) is 3.80. The van der Waals surface area contributed by atoms with Crippen LogP contribution in [0.3, 0.4) is 0 Å². The fourth-order valence-electron chi connectivity index (χ4n) is 3.92. The molecule has 1 unspecified atom stereocenters. The first-order valence-corrected chi connectivity index (χ1v) is 11.3. The van der Waals surface area contributed by atoms with Crippen molar-refractivity contribution in [3.8, 4) is 11.5 Å². The minimum absolute atomic E-state index is 0.0970. The number of carbonyl (C=O) groups is 1. The first kappa shape index (κ1) is 19.7. The zero-order valence-electron chi connectivity index (χ0n) is 16.6. The lowest BCUT2D eigenvalue weighted by Crippen LogP contribution is -2.25. The van der Waals surface area contributed by atoms with Crippen molar-refractivity contribution in [2.75, 3.05) is 33.7 Å². The summed E-state index contributed by atoms with van der Waals surface area (Å²) < 4.78 is 34.5. The summed E-state index contributed by atoms with van der Waals surface area (Å²) in [5.74, 6) is 1.25. The fraction of sp³-hybridized carbons (Fsp3) is 0.318. The summed E-state index contributed by atoms with van der Waals surface area (Å²) in [4.78, 5) is 15.6. The van der Waals surface area contributed by atoms with Gasteiger partial charge in [-0.1, -0.05) is 18.2 Å². The Kier molecular flexibility index (Phi) is 4.96. The van der Waals surface area contributed by atoms with E-state index in [1.54, 1.807) is 24.3 Å². The van der Waals surface area contributed by atoms with Crippen LogP contribution in [0.25, 0.3) is 11.1 Å². The van der Waals surface area contributed by atoms with Crippen LogP contribution in [0.5, 0.6) is 11.5 Å². The molecule has 152 valence electrons. The van der Waals surface area contributed by atoms with Crippen LogP contribution in [0.2, 0.25) is 0 Å². The molecule has 0 saturated carbocycles. The maximum absolute atomic E-state index is 13.3. The van der Waals surface area contributed by atoms with Gasteiger partial charge in [-0.05, 0) is 61.5 Å². The number of nitrogens with zero attached hydrogens (tertiary/aromatic N) is 1. The number of hydrogen-bond acceptors (Lipinski definition) is 6. The van der Waals surface area contributed by atoms with E-state index in [-0.39, 0.29) is 23.4 Å². The second-order valence-corrected chi connectivity index (χ2v) is 9.76. The molecule has 0 saturated heterocycles. The lowest BCUT2D eigenvalue weighted by atomic mass is 9.96. The zero-order chi connectivity index (χ0) is 20.8. The van der Waals surface area contributed by atoms with Crippen LogP contribution in [0.15, 0.2) is 47.4 Å². The highest BCUT2D eigenvalue weighted by atomic mass is 32.2. The largest absolute Gasteiger partial charge is 0.454 e. The van der Waals surface area contributed by atoms with Gasteiger partial charge in [-0.15, -0.1) is 0 Å². The number of carbonyl (C=O) groups excluding carboxylic acids is 1. The Bertz CT molecular complexity index is 1100. The normalized spacial score (nSPS) is 18.8. The second kappa shape index (κ2) is 7.31. The summed E-state index contributed by atoms with van der Waals surface area (Å²) >= 11 is 0. The highest BCUT2D eigenvalue weighted by Gasteiger charge is 2.35. The van der Waals surface area contributed by atoms with Crippen LogP contribution in [0.1, 0.15) is 17.5 Å². The van der Waals surface area contributed by atoms with Gasteiger partial charge in [-0.2, -0.15) is 0 Å². The van der Waals surface area contributed by atoms with E-state index in [0.717, 1.165) is 16.7 Å². The number of benzene rings is 2. The smallest absolute Gasteiger partial charge is 0.231 e. The molecule has 4 rings (SSSR count). The molecule has 2 aliphatic rings. The van der Waals surface area contributed by atoms with Gasteiger partial charge >= 0.3 is 0 Å². The highest BCUT2D eigenvalue weighted by molar-refractivity contribution is 7.90. The quantitative estimate of drug-likeness (QED) is 0.751. The van der Waals surface area contributed by atoms with Crippen molar-refractivity contribution in [3.63, 3.8) is 0 Å². The molecule has 6 nitrogen and oxygen atoms in total. The number of Topliss-reactive ketones (excluding diaryl/α,β-unsaturated/α-hetero) is 1. The van der Waals surface area contributed by atoms with Crippen molar-refractivity contribution in [3.05, 3.63) is 53.6 Å². The molecule has 0 N–H and O–H groups in total. The van der Waals surface area contributed by atoms with E-state index in [2.05, 4.69) is 0 Å². The number of fused-ring (bicyclic) bond motifs is 1. The Labute approximate surface area is 170 Å². The highest BCUT2D eigenvalue weighted by Crippen LogP contribution is 2.43. The Morgan fingerprint density at radius 2 is 1.66 bits per heavy atom. The van der Waals surface area contributed by atoms with Gasteiger partial charge < -0.3 is 14.4 Å². The molecule has 7 heteroatoms. The molecule has 1 aliphatic carbocycles. The van der Waals surface area contributed by atoms with Crippen molar-refractivity contribution < 1.29 is 22.7 Å². The fourth-order valence-corrected chi connectivity index (χ4v) is 4.55. The predicted molar refractivity (Wildman–Crippen MR) is 111 cm³/mol. The molecular formula is C22H23NO5S. The van der Waals surface area contributed by atoms with E-state index in [1.165, 1.54) is 6.26 Å². The SMILES string of the molecule is CN(C)CC1CC(c2ccc(S(C)(=O)=O)cc2)=C(c2ccc3c(c2)OCO3)C1=O. The van der Waals surface area contributed by atoms with Crippen LogP contribution < -0.4 is 9.47 Å². The predicted octanol–water partition coefficient (Wildman–Crippen LogP) is 2.88. The summed E-state index contributed by atoms with van der Waals surface area (Å²) in [5, 5.41) is 0. The van der Waals surface area contributed by atoms with Gasteiger partial charge in [0.2, 0.25) is 6.79 Å². The Morgan fingerprint density at radius 3 is 2.31 bits per heavy atom. The van der Waals surface area contributed by atoms with Gasteiger partial charge in [0.05, 0.1) is 4.90 Å². The third-order valence-corrected chi connectivity index (χ3v) is 6.38. The van der Waals surface area contributed by atoms with Crippen molar-refractivity contribution in [2.24, 2.45) is 5.92 Å². The van der Waals surface area contributed by atoms with Gasteiger partial charge in [0.25, 0.3) is 0 Å². The first-order valence-electron chi connectivity index (χ1n) is 9.36. The van der Waals surface area contributed by atoms with Gasteiger partial charge in [-0.25, -0.2) is 8.42 Å². The van der Waals surface area contributed by atoms with E-state index in [1.807, 2.05) is 37.2 Å². The molecule has 29 heavy (non-hydrogen) atoms. The number of hydrogen-bond donors (Lipinski definition) is 0. The van der Waals surface area contributed by atoms with Crippen molar-refractivity contribution in [2.45, 2.75) is 11.3 Å². The number of allylic oxidation sites excluding steroid dienone is 2. The number of ether oxygens (including phenoxy) is 2. The third-order valence-electron chi connectivity index (χ3n) is 5.25. The standard InChI is InChI=1S/C22H23NO5S/c1-23(2)12-16-10-18(14-4-7-17(8-5-14)29(3,25)26)21(22(16)24)15-6-9-19-20(11-15)28-13-27-19/h4-9,11,16H,10,12-13H2,1-3H3. The summed E-state index contributed by atoms with van der Waals surface area (Å²) in [6.07, 6.45) is 1.80. The van der Waals surface area contributed by atoms with E-state index < -0.39 is 9.84 Å². The van der Waals surface area contributed by atoms with Crippen LogP contribution in [-0.2, 0) is 14.6 Å². The second-order valence-electron chi connectivity index (χ2n) is 7.75. The number of sulfone groups is 1.